The number of nitrogens with one attached hydrogen (secondary N) is 1. The van der Waals surface area contributed by atoms with Crippen LogP contribution in [0.4, 0.5) is 0 Å². The summed E-state index contributed by atoms with van der Waals surface area (Å²) in [5, 5.41) is 3.97. The highest BCUT2D eigenvalue weighted by Gasteiger charge is 2.43. The van der Waals surface area contributed by atoms with Gasteiger partial charge in [-0.25, -0.2) is 0 Å². The topological polar surface area (TPSA) is 30.5 Å². The summed E-state index contributed by atoms with van der Waals surface area (Å²) in [6, 6.07) is 4.00. The van der Waals surface area contributed by atoms with Gasteiger partial charge in [0, 0.05) is 5.54 Å². The number of fused-ring (bicyclic) bond motifs is 1. The first-order chi connectivity index (χ1) is 7.25. The van der Waals surface area contributed by atoms with Gasteiger partial charge in [0.05, 0.1) is 5.02 Å². The molecule has 0 aromatic heterocycles. The molecule has 1 aromatic rings. The molecule has 3 nitrogen and oxygen atoms in total. The van der Waals surface area contributed by atoms with Crippen molar-refractivity contribution in [2.75, 3.05) is 13.8 Å². The van der Waals surface area contributed by atoms with Gasteiger partial charge in [0.1, 0.15) is 0 Å². The molecule has 2 aliphatic rings. The molecule has 1 heterocycles. The van der Waals surface area contributed by atoms with Crippen LogP contribution in [0.15, 0.2) is 12.1 Å². The largest absolute Gasteiger partial charge is 0.454 e. The van der Waals surface area contributed by atoms with E-state index in [1.54, 1.807) is 0 Å². The van der Waals surface area contributed by atoms with Crippen molar-refractivity contribution in [1.82, 2.24) is 5.32 Å². The minimum absolute atomic E-state index is 0.116. The van der Waals surface area contributed by atoms with Crippen LogP contribution in [0.3, 0.4) is 0 Å². The zero-order valence-electron chi connectivity index (χ0n) is 8.47. The van der Waals surface area contributed by atoms with Crippen LogP contribution < -0.4 is 14.8 Å². The van der Waals surface area contributed by atoms with Crippen molar-refractivity contribution in [1.29, 1.82) is 0 Å². The summed E-state index contributed by atoms with van der Waals surface area (Å²) in [4.78, 5) is 0. The maximum Gasteiger partial charge on any atom is 0.231 e. The van der Waals surface area contributed by atoms with Crippen LogP contribution in [-0.2, 0) is 5.54 Å². The van der Waals surface area contributed by atoms with E-state index < -0.39 is 0 Å². The van der Waals surface area contributed by atoms with E-state index in [0.717, 1.165) is 18.6 Å². The molecule has 80 valence electrons. The monoisotopic (exact) mass is 225 g/mol. The van der Waals surface area contributed by atoms with Crippen molar-refractivity contribution in [3.05, 3.63) is 22.7 Å². The van der Waals surface area contributed by atoms with E-state index in [-0.39, 0.29) is 12.3 Å². The Hall–Kier alpha value is -0.930. The number of halogens is 1. The van der Waals surface area contributed by atoms with Gasteiger partial charge in [-0.2, -0.15) is 0 Å². The fourth-order valence-electron chi connectivity index (χ4n) is 2.05. The number of ether oxygens (including phenoxy) is 2. The van der Waals surface area contributed by atoms with Gasteiger partial charge in [0.15, 0.2) is 11.5 Å². The molecule has 15 heavy (non-hydrogen) atoms. The minimum atomic E-state index is 0.116. The Labute approximate surface area is 93.3 Å². The second-order valence-corrected chi connectivity index (χ2v) is 4.43. The molecule has 3 rings (SSSR count). The standard InChI is InChI=1S/C11H12ClNO2/c1-13-11(2-3-11)7-4-8(12)10-9(5-7)14-6-15-10/h4-5,13H,2-3,6H2,1H3. The highest BCUT2D eigenvalue weighted by atomic mass is 35.5. The maximum atomic E-state index is 6.13. The van der Waals surface area contributed by atoms with Crippen LogP contribution in [-0.4, -0.2) is 13.8 Å². The summed E-state index contributed by atoms with van der Waals surface area (Å²) in [5.74, 6) is 1.44. The summed E-state index contributed by atoms with van der Waals surface area (Å²) in [6.07, 6.45) is 2.30. The van der Waals surface area contributed by atoms with Crippen LogP contribution in [0.2, 0.25) is 5.02 Å². The van der Waals surface area contributed by atoms with Gasteiger partial charge in [-0.1, -0.05) is 11.6 Å². The molecule has 1 N–H and O–H groups in total. The number of hydrogen-bond acceptors (Lipinski definition) is 3. The molecular formula is C11H12ClNO2. The first kappa shape index (κ1) is 9.31. The van der Waals surface area contributed by atoms with Gasteiger partial charge in [-0.05, 0) is 37.6 Å². The maximum absolute atomic E-state index is 6.13. The first-order valence-corrected chi connectivity index (χ1v) is 5.41. The Kier molecular flexibility index (Phi) is 1.88. The summed E-state index contributed by atoms with van der Waals surface area (Å²) >= 11 is 6.13. The van der Waals surface area contributed by atoms with Crippen molar-refractivity contribution in [3.8, 4) is 11.5 Å². The smallest absolute Gasteiger partial charge is 0.231 e. The van der Waals surface area contributed by atoms with E-state index in [4.69, 9.17) is 21.1 Å². The van der Waals surface area contributed by atoms with E-state index in [9.17, 15) is 0 Å². The van der Waals surface area contributed by atoms with Gasteiger partial charge < -0.3 is 14.8 Å². The molecule has 1 aliphatic heterocycles. The molecule has 0 saturated heterocycles. The second-order valence-electron chi connectivity index (χ2n) is 4.02. The van der Waals surface area contributed by atoms with E-state index in [1.165, 1.54) is 5.56 Å². The Morgan fingerprint density at radius 1 is 1.33 bits per heavy atom. The van der Waals surface area contributed by atoms with Crippen LogP contribution in [0, 0.1) is 0 Å². The number of hydrogen-bond donors (Lipinski definition) is 1. The highest BCUT2D eigenvalue weighted by Crippen LogP contribution is 2.49. The van der Waals surface area contributed by atoms with Crippen molar-refractivity contribution in [3.63, 3.8) is 0 Å². The molecule has 4 heteroatoms. The molecule has 0 radical (unpaired) electrons. The fraction of sp³-hybridized carbons (Fsp3) is 0.455. The summed E-state index contributed by atoms with van der Waals surface area (Å²) in [5.41, 5.74) is 1.31. The van der Waals surface area contributed by atoms with Gasteiger partial charge in [-0.3, -0.25) is 0 Å². The Morgan fingerprint density at radius 2 is 2.13 bits per heavy atom. The third kappa shape index (κ3) is 1.30. The quantitative estimate of drug-likeness (QED) is 0.838. The number of benzene rings is 1. The second kappa shape index (κ2) is 3.03. The van der Waals surface area contributed by atoms with Crippen molar-refractivity contribution in [2.45, 2.75) is 18.4 Å². The van der Waals surface area contributed by atoms with Crippen LogP contribution in [0.25, 0.3) is 0 Å². The van der Waals surface area contributed by atoms with Gasteiger partial charge >= 0.3 is 0 Å². The van der Waals surface area contributed by atoms with Crippen LogP contribution in [0.5, 0.6) is 11.5 Å². The highest BCUT2D eigenvalue weighted by molar-refractivity contribution is 6.32. The van der Waals surface area contributed by atoms with Crippen molar-refractivity contribution in [2.24, 2.45) is 0 Å². The normalized spacial score (nSPS) is 20.4. The van der Waals surface area contributed by atoms with Gasteiger partial charge in [0.2, 0.25) is 6.79 Å². The first-order valence-electron chi connectivity index (χ1n) is 5.04. The molecule has 1 saturated carbocycles. The average molecular weight is 226 g/mol. The predicted molar refractivity (Wildman–Crippen MR) is 57.5 cm³/mol. The average Bonchev–Trinajstić information content (AvgIpc) is 2.90. The summed E-state index contributed by atoms with van der Waals surface area (Å²) < 4.78 is 10.6. The van der Waals surface area contributed by atoms with E-state index in [2.05, 4.69) is 5.32 Å². The lowest BCUT2D eigenvalue weighted by Gasteiger charge is -2.15. The van der Waals surface area contributed by atoms with Gasteiger partial charge in [-0.15, -0.1) is 0 Å². The van der Waals surface area contributed by atoms with E-state index in [1.807, 2.05) is 19.2 Å². The Balaban J connectivity index is 2.08. The minimum Gasteiger partial charge on any atom is -0.454 e. The number of rotatable bonds is 2. The van der Waals surface area contributed by atoms with Crippen LogP contribution >= 0.6 is 11.6 Å². The molecule has 1 aromatic carbocycles. The molecule has 0 spiro atoms. The lowest BCUT2D eigenvalue weighted by molar-refractivity contribution is 0.174. The third-order valence-corrected chi connectivity index (χ3v) is 3.49. The molecule has 0 bridgehead atoms. The van der Waals surface area contributed by atoms with Crippen molar-refractivity contribution >= 4 is 11.6 Å². The Bertz CT molecular complexity index is 415. The SMILES string of the molecule is CNC1(c2cc(Cl)c3c(c2)OCO3)CC1. The summed E-state index contributed by atoms with van der Waals surface area (Å²) in [6.45, 7) is 0.269. The Morgan fingerprint density at radius 3 is 2.80 bits per heavy atom. The van der Waals surface area contributed by atoms with E-state index in [0.29, 0.717) is 10.8 Å². The molecule has 0 amide bonds. The molecule has 1 aliphatic carbocycles. The zero-order valence-corrected chi connectivity index (χ0v) is 9.23. The zero-order chi connectivity index (χ0) is 10.5. The van der Waals surface area contributed by atoms with Gasteiger partial charge in [0.25, 0.3) is 0 Å². The molecule has 0 atom stereocenters. The lowest BCUT2D eigenvalue weighted by atomic mass is 10.0. The molecule has 0 unspecified atom stereocenters. The molecular weight excluding hydrogens is 214 g/mol. The van der Waals surface area contributed by atoms with Crippen molar-refractivity contribution < 1.29 is 9.47 Å². The molecule has 1 fully saturated rings. The van der Waals surface area contributed by atoms with E-state index >= 15 is 0 Å². The summed E-state index contributed by atoms with van der Waals surface area (Å²) in [7, 11) is 1.98. The van der Waals surface area contributed by atoms with Crippen LogP contribution in [0.1, 0.15) is 18.4 Å². The third-order valence-electron chi connectivity index (χ3n) is 3.21. The fourth-order valence-corrected chi connectivity index (χ4v) is 2.32. The lowest BCUT2D eigenvalue weighted by Crippen LogP contribution is -2.24. The predicted octanol–water partition coefficient (Wildman–Crippen LogP) is 2.28.